The van der Waals surface area contributed by atoms with Crippen LogP contribution >= 0.6 is 0 Å². The summed E-state index contributed by atoms with van der Waals surface area (Å²) in [5.41, 5.74) is 1.17. The summed E-state index contributed by atoms with van der Waals surface area (Å²) in [6, 6.07) is 10.1. The quantitative estimate of drug-likeness (QED) is 0.419. The molecule has 2 rings (SSSR count). The standard InChI is InChI=1S/C17H22O4/c1-3-19-17(18)10-9-15-16(21-15)11-13(2)20-12-14-7-5-4-6-8-14/h4-10,13,15-16H,3,11-12H2,1-2H3/b10-9+/t13-,15+,16+/m1/s1. The SMILES string of the molecule is CCOC(=O)/C=C/[C@@H]1O[C@H]1C[C@@H](C)OCc1ccccc1. The number of hydrogen-bond acceptors (Lipinski definition) is 4. The van der Waals surface area contributed by atoms with Gasteiger partial charge < -0.3 is 14.2 Å². The molecule has 1 aliphatic heterocycles. The van der Waals surface area contributed by atoms with Gasteiger partial charge in [0.05, 0.1) is 25.4 Å². The fourth-order valence-corrected chi connectivity index (χ4v) is 2.09. The molecule has 0 bridgehead atoms. The van der Waals surface area contributed by atoms with E-state index in [2.05, 4.69) is 0 Å². The minimum atomic E-state index is -0.319. The van der Waals surface area contributed by atoms with Gasteiger partial charge in [0.15, 0.2) is 0 Å². The minimum Gasteiger partial charge on any atom is -0.463 e. The van der Waals surface area contributed by atoms with Crippen LogP contribution in [-0.2, 0) is 25.6 Å². The highest BCUT2D eigenvalue weighted by Crippen LogP contribution is 2.28. The lowest BCUT2D eigenvalue weighted by molar-refractivity contribution is -0.137. The Kier molecular flexibility index (Phi) is 5.96. The number of esters is 1. The van der Waals surface area contributed by atoms with E-state index in [1.807, 2.05) is 37.3 Å². The van der Waals surface area contributed by atoms with Crippen molar-refractivity contribution in [3.8, 4) is 0 Å². The lowest BCUT2D eigenvalue weighted by atomic mass is 10.1. The Morgan fingerprint density at radius 3 is 2.86 bits per heavy atom. The summed E-state index contributed by atoms with van der Waals surface area (Å²) < 4.78 is 16.1. The Morgan fingerprint density at radius 2 is 2.14 bits per heavy atom. The number of rotatable bonds is 8. The third-order valence-electron chi connectivity index (χ3n) is 3.27. The van der Waals surface area contributed by atoms with Gasteiger partial charge in [0, 0.05) is 12.5 Å². The maximum atomic E-state index is 11.2. The van der Waals surface area contributed by atoms with Crippen LogP contribution in [-0.4, -0.2) is 30.9 Å². The summed E-state index contributed by atoms with van der Waals surface area (Å²) in [6.07, 6.45) is 4.29. The molecule has 4 nitrogen and oxygen atoms in total. The molecule has 0 amide bonds. The smallest absolute Gasteiger partial charge is 0.330 e. The first kappa shape index (κ1) is 15.7. The molecule has 0 aliphatic carbocycles. The molecule has 1 fully saturated rings. The van der Waals surface area contributed by atoms with Crippen molar-refractivity contribution in [3.05, 3.63) is 48.0 Å². The predicted molar refractivity (Wildman–Crippen MR) is 79.7 cm³/mol. The molecule has 1 aliphatic rings. The Bertz CT molecular complexity index is 469. The van der Waals surface area contributed by atoms with E-state index in [0.717, 1.165) is 6.42 Å². The highest BCUT2D eigenvalue weighted by atomic mass is 16.6. The van der Waals surface area contributed by atoms with Crippen molar-refractivity contribution >= 4 is 5.97 Å². The average Bonchev–Trinajstić information content (AvgIpc) is 3.22. The molecule has 0 unspecified atom stereocenters. The van der Waals surface area contributed by atoms with Gasteiger partial charge in [0.25, 0.3) is 0 Å². The van der Waals surface area contributed by atoms with Gasteiger partial charge in [-0.2, -0.15) is 0 Å². The number of carbonyl (C=O) groups is 1. The van der Waals surface area contributed by atoms with Crippen LogP contribution < -0.4 is 0 Å². The van der Waals surface area contributed by atoms with Gasteiger partial charge in [0.1, 0.15) is 6.10 Å². The van der Waals surface area contributed by atoms with Crippen LogP contribution in [0.25, 0.3) is 0 Å². The Morgan fingerprint density at radius 1 is 1.38 bits per heavy atom. The molecule has 4 heteroatoms. The van der Waals surface area contributed by atoms with Crippen LogP contribution in [0.15, 0.2) is 42.5 Å². The fraction of sp³-hybridized carbons (Fsp3) is 0.471. The van der Waals surface area contributed by atoms with Crippen molar-refractivity contribution in [3.63, 3.8) is 0 Å². The van der Waals surface area contributed by atoms with Crippen molar-refractivity contribution in [2.24, 2.45) is 0 Å². The second-order valence-corrected chi connectivity index (χ2v) is 5.09. The second kappa shape index (κ2) is 7.96. The molecule has 1 aromatic rings. The lowest BCUT2D eigenvalue weighted by Gasteiger charge is -2.11. The van der Waals surface area contributed by atoms with E-state index in [4.69, 9.17) is 14.2 Å². The van der Waals surface area contributed by atoms with E-state index < -0.39 is 0 Å². The summed E-state index contributed by atoms with van der Waals surface area (Å²) in [5, 5.41) is 0. The van der Waals surface area contributed by atoms with Crippen molar-refractivity contribution in [2.45, 2.75) is 45.2 Å². The van der Waals surface area contributed by atoms with Gasteiger partial charge in [-0.25, -0.2) is 4.79 Å². The van der Waals surface area contributed by atoms with Crippen molar-refractivity contribution in [1.29, 1.82) is 0 Å². The molecule has 21 heavy (non-hydrogen) atoms. The summed E-state index contributed by atoms with van der Waals surface area (Å²) in [5.74, 6) is -0.319. The van der Waals surface area contributed by atoms with Crippen molar-refractivity contribution in [2.75, 3.05) is 6.61 Å². The molecule has 1 saturated heterocycles. The third kappa shape index (κ3) is 5.69. The predicted octanol–water partition coefficient (Wildman–Crippen LogP) is 2.87. The van der Waals surface area contributed by atoms with E-state index in [1.165, 1.54) is 11.6 Å². The minimum absolute atomic E-state index is 0.0113. The Balaban J connectivity index is 1.64. The molecule has 0 saturated carbocycles. The van der Waals surface area contributed by atoms with Crippen LogP contribution in [0.1, 0.15) is 25.8 Å². The highest BCUT2D eigenvalue weighted by molar-refractivity contribution is 5.82. The maximum Gasteiger partial charge on any atom is 0.330 e. The largest absolute Gasteiger partial charge is 0.463 e. The maximum absolute atomic E-state index is 11.2. The number of hydrogen-bond donors (Lipinski definition) is 0. The molecule has 0 spiro atoms. The number of carbonyl (C=O) groups excluding carboxylic acids is 1. The number of benzene rings is 1. The first-order chi connectivity index (χ1) is 10.2. The van der Waals surface area contributed by atoms with Crippen molar-refractivity contribution < 1.29 is 19.0 Å². The molecule has 1 aromatic carbocycles. The van der Waals surface area contributed by atoms with Crippen molar-refractivity contribution in [1.82, 2.24) is 0 Å². The first-order valence-electron chi connectivity index (χ1n) is 7.35. The monoisotopic (exact) mass is 290 g/mol. The summed E-state index contributed by atoms with van der Waals surface area (Å²) in [4.78, 5) is 11.2. The normalized spacial score (nSPS) is 22.2. The molecule has 0 N–H and O–H groups in total. The van der Waals surface area contributed by atoms with Gasteiger partial charge in [-0.3, -0.25) is 0 Å². The first-order valence-corrected chi connectivity index (χ1v) is 7.35. The van der Waals surface area contributed by atoms with Gasteiger partial charge in [-0.1, -0.05) is 30.3 Å². The second-order valence-electron chi connectivity index (χ2n) is 5.09. The van der Waals surface area contributed by atoms with E-state index >= 15 is 0 Å². The van der Waals surface area contributed by atoms with Gasteiger partial charge in [-0.05, 0) is 25.5 Å². The van der Waals surface area contributed by atoms with Crippen LogP contribution in [0.3, 0.4) is 0 Å². The van der Waals surface area contributed by atoms with Gasteiger partial charge in [-0.15, -0.1) is 0 Å². The van der Waals surface area contributed by atoms with E-state index in [-0.39, 0.29) is 24.3 Å². The molecular formula is C17H22O4. The van der Waals surface area contributed by atoms with E-state index in [9.17, 15) is 4.79 Å². The molecule has 3 atom stereocenters. The zero-order valence-electron chi connectivity index (χ0n) is 12.5. The number of ether oxygens (including phenoxy) is 3. The van der Waals surface area contributed by atoms with Gasteiger partial charge >= 0.3 is 5.97 Å². The molecule has 114 valence electrons. The Hall–Kier alpha value is -1.65. The molecule has 0 radical (unpaired) electrons. The third-order valence-corrected chi connectivity index (χ3v) is 3.27. The van der Waals surface area contributed by atoms with Crippen LogP contribution in [0.2, 0.25) is 0 Å². The topological polar surface area (TPSA) is 48.1 Å². The number of epoxide rings is 1. The fourth-order valence-electron chi connectivity index (χ4n) is 2.09. The van der Waals surface area contributed by atoms with Crippen LogP contribution in [0.4, 0.5) is 0 Å². The molecule has 0 aromatic heterocycles. The Labute approximate surface area is 125 Å². The van der Waals surface area contributed by atoms with E-state index in [1.54, 1.807) is 13.0 Å². The summed E-state index contributed by atoms with van der Waals surface area (Å²) in [6.45, 7) is 4.82. The zero-order valence-corrected chi connectivity index (χ0v) is 12.5. The summed E-state index contributed by atoms with van der Waals surface area (Å²) >= 11 is 0. The van der Waals surface area contributed by atoms with Crippen LogP contribution in [0.5, 0.6) is 0 Å². The molecular weight excluding hydrogens is 268 g/mol. The van der Waals surface area contributed by atoms with Gasteiger partial charge in [0.2, 0.25) is 0 Å². The van der Waals surface area contributed by atoms with Crippen LogP contribution in [0, 0.1) is 0 Å². The zero-order chi connectivity index (χ0) is 15.1. The average molecular weight is 290 g/mol. The lowest BCUT2D eigenvalue weighted by Crippen LogP contribution is -2.12. The highest BCUT2D eigenvalue weighted by Gasteiger charge is 2.37. The van der Waals surface area contributed by atoms with E-state index in [0.29, 0.717) is 13.2 Å². The summed E-state index contributed by atoms with van der Waals surface area (Å²) in [7, 11) is 0. The molecule has 1 heterocycles.